The smallest absolute Gasteiger partial charge is 0.261 e. The predicted octanol–water partition coefficient (Wildman–Crippen LogP) is 4.04. The van der Waals surface area contributed by atoms with Gasteiger partial charge >= 0.3 is 0 Å². The number of rotatable bonds is 8. The van der Waals surface area contributed by atoms with E-state index in [2.05, 4.69) is 36.5 Å². The fourth-order valence-electron chi connectivity index (χ4n) is 2.39. The largest absolute Gasteiger partial charge is 0.478 e. The molecule has 0 spiro atoms. The first-order valence-electron chi connectivity index (χ1n) is 8.34. The topological polar surface area (TPSA) is 38.3 Å². The summed E-state index contributed by atoms with van der Waals surface area (Å²) in [5.41, 5.74) is 2.49. The van der Waals surface area contributed by atoms with Crippen molar-refractivity contribution in [2.24, 2.45) is 0 Å². The van der Waals surface area contributed by atoms with Crippen molar-refractivity contribution in [3.63, 3.8) is 0 Å². The molecule has 2 aromatic carbocycles. The molecule has 24 heavy (non-hydrogen) atoms. The van der Waals surface area contributed by atoms with Crippen LogP contribution in [0.1, 0.15) is 30.9 Å². The Bertz CT molecular complexity index is 655. The third-order valence-corrected chi connectivity index (χ3v) is 3.83. The van der Waals surface area contributed by atoms with E-state index in [0.29, 0.717) is 13.0 Å². The molecule has 0 aliphatic heterocycles. The van der Waals surface area contributed by atoms with E-state index in [1.807, 2.05) is 6.92 Å². The van der Waals surface area contributed by atoms with Crippen LogP contribution in [0.3, 0.4) is 0 Å². The summed E-state index contributed by atoms with van der Waals surface area (Å²) in [4.78, 5) is 12.2. The van der Waals surface area contributed by atoms with E-state index in [9.17, 15) is 9.18 Å². The van der Waals surface area contributed by atoms with E-state index in [1.54, 1.807) is 12.1 Å². The molecule has 1 amide bonds. The second-order valence-corrected chi connectivity index (χ2v) is 5.83. The van der Waals surface area contributed by atoms with Crippen LogP contribution >= 0.6 is 0 Å². The molecule has 2 aromatic rings. The number of nitrogens with one attached hydrogen (secondary N) is 1. The van der Waals surface area contributed by atoms with Crippen molar-refractivity contribution >= 4 is 5.91 Å². The average Bonchev–Trinajstić information content (AvgIpc) is 2.59. The summed E-state index contributed by atoms with van der Waals surface area (Å²) in [6.07, 6.45) is 1.57. The van der Waals surface area contributed by atoms with Crippen LogP contribution in [0.25, 0.3) is 0 Å². The van der Waals surface area contributed by atoms with Gasteiger partial charge in [0.2, 0.25) is 0 Å². The molecule has 0 saturated carbocycles. The molecule has 3 nitrogen and oxygen atoms in total. The SMILES string of the molecule is CCC(Oc1ccccc1F)C(=O)NCCCc1ccc(C)cc1. The standard InChI is InChI=1S/C20H24FNO2/c1-3-18(24-19-9-5-4-8-17(19)21)20(23)22-14-6-7-16-12-10-15(2)11-13-16/h4-5,8-13,18H,3,6-7,14H2,1-2H3,(H,22,23). The fraction of sp³-hybridized carbons (Fsp3) is 0.350. The van der Waals surface area contributed by atoms with E-state index in [-0.39, 0.29) is 11.7 Å². The Morgan fingerprint density at radius 1 is 1.17 bits per heavy atom. The van der Waals surface area contributed by atoms with Crippen molar-refractivity contribution in [2.45, 2.75) is 39.2 Å². The van der Waals surface area contributed by atoms with Gasteiger partial charge in [-0.05, 0) is 43.9 Å². The number of hydrogen-bond donors (Lipinski definition) is 1. The molecule has 1 unspecified atom stereocenters. The van der Waals surface area contributed by atoms with E-state index in [4.69, 9.17) is 4.74 Å². The summed E-state index contributed by atoms with van der Waals surface area (Å²) in [6.45, 7) is 4.48. The third kappa shape index (κ3) is 5.37. The number of benzene rings is 2. The van der Waals surface area contributed by atoms with Gasteiger partial charge < -0.3 is 10.1 Å². The Hall–Kier alpha value is -2.36. The van der Waals surface area contributed by atoms with Gasteiger partial charge in [-0.15, -0.1) is 0 Å². The summed E-state index contributed by atoms with van der Waals surface area (Å²) >= 11 is 0. The van der Waals surface area contributed by atoms with Crippen molar-refractivity contribution in [3.8, 4) is 5.75 Å². The maximum absolute atomic E-state index is 13.6. The highest BCUT2D eigenvalue weighted by Crippen LogP contribution is 2.18. The van der Waals surface area contributed by atoms with Crippen LogP contribution < -0.4 is 10.1 Å². The van der Waals surface area contributed by atoms with Crippen molar-refractivity contribution in [1.29, 1.82) is 0 Å². The van der Waals surface area contributed by atoms with Gasteiger partial charge in [0.15, 0.2) is 17.7 Å². The van der Waals surface area contributed by atoms with Gasteiger partial charge in [0.1, 0.15) is 0 Å². The number of amides is 1. The Labute approximate surface area is 142 Å². The molecule has 0 bridgehead atoms. The normalized spacial score (nSPS) is 11.8. The highest BCUT2D eigenvalue weighted by molar-refractivity contribution is 5.81. The summed E-state index contributed by atoms with van der Waals surface area (Å²) in [5.74, 6) is -0.549. The van der Waals surface area contributed by atoms with Crippen molar-refractivity contribution in [1.82, 2.24) is 5.32 Å². The van der Waals surface area contributed by atoms with Crippen LogP contribution in [0.5, 0.6) is 5.75 Å². The van der Waals surface area contributed by atoms with Crippen LogP contribution in [0.4, 0.5) is 4.39 Å². The molecule has 1 atom stereocenters. The maximum atomic E-state index is 13.6. The lowest BCUT2D eigenvalue weighted by Crippen LogP contribution is -2.38. The lowest BCUT2D eigenvalue weighted by molar-refractivity contribution is -0.128. The monoisotopic (exact) mass is 329 g/mol. The first-order valence-corrected chi connectivity index (χ1v) is 8.34. The number of halogens is 1. The lowest BCUT2D eigenvalue weighted by atomic mass is 10.1. The molecule has 0 aliphatic rings. The minimum atomic E-state index is -0.679. The van der Waals surface area contributed by atoms with Gasteiger partial charge in [0, 0.05) is 6.54 Å². The van der Waals surface area contributed by atoms with Crippen LogP contribution in [0.15, 0.2) is 48.5 Å². The zero-order chi connectivity index (χ0) is 17.4. The molecule has 128 valence electrons. The summed E-state index contributed by atoms with van der Waals surface area (Å²) in [5, 5.41) is 2.87. The van der Waals surface area contributed by atoms with E-state index >= 15 is 0 Å². The zero-order valence-corrected chi connectivity index (χ0v) is 14.2. The van der Waals surface area contributed by atoms with Crippen LogP contribution in [-0.4, -0.2) is 18.6 Å². The molecule has 0 aliphatic carbocycles. The van der Waals surface area contributed by atoms with Crippen molar-refractivity contribution in [3.05, 3.63) is 65.5 Å². The van der Waals surface area contributed by atoms with Crippen LogP contribution in [0.2, 0.25) is 0 Å². The first kappa shape index (κ1) is 18.0. The van der Waals surface area contributed by atoms with Crippen LogP contribution in [-0.2, 0) is 11.2 Å². The zero-order valence-electron chi connectivity index (χ0n) is 14.2. The Balaban J connectivity index is 1.77. The van der Waals surface area contributed by atoms with Gasteiger partial charge in [-0.25, -0.2) is 4.39 Å². The average molecular weight is 329 g/mol. The molecule has 0 heterocycles. The quantitative estimate of drug-likeness (QED) is 0.742. The molecule has 0 aromatic heterocycles. The minimum Gasteiger partial charge on any atom is -0.478 e. The number of carbonyl (C=O) groups is 1. The van der Waals surface area contributed by atoms with E-state index in [0.717, 1.165) is 12.8 Å². The predicted molar refractivity (Wildman–Crippen MR) is 93.6 cm³/mol. The summed E-state index contributed by atoms with van der Waals surface area (Å²) < 4.78 is 19.1. The second-order valence-electron chi connectivity index (χ2n) is 5.83. The highest BCUT2D eigenvalue weighted by atomic mass is 19.1. The maximum Gasteiger partial charge on any atom is 0.261 e. The molecule has 1 N–H and O–H groups in total. The fourth-order valence-corrected chi connectivity index (χ4v) is 2.39. The summed E-state index contributed by atoms with van der Waals surface area (Å²) in [6, 6.07) is 14.5. The Morgan fingerprint density at radius 2 is 1.88 bits per heavy atom. The molecule has 0 radical (unpaired) electrons. The number of para-hydroxylation sites is 1. The van der Waals surface area contributed by atoms with Gasteiger partial charge in [-0.1, -0.05) is 48.9 Å². The molecule has 0 fully saturated rings. The number of hydrogen-bond acceptors (Lipinski definition) is 2. The number of ether oxygens (including phenoxy) is 1. The van der Waals surface area contributed by atoms with Gasteiger partial charge in [-0.3, -0.25) is 4.79 Å². The highest BCUT2D eigenvalue weighted by Gasteiger charge is 2.19. The Kier molecular flexibility index (Phi) is 6.79. The minimum absolute atomic E-state index is 0.110. The lowest BCUT2D eigenvalue weighted by Gasteiger charge is -2.17. The van der Waals surface area contributed by atoms with Crippen molar-refractivity contribution < 1.29 is 13.9 Å². The Morgan fingerprint density at radius 3 is 2.54 bits per heavy atom. The molecule has 4 heteroatoms. The molecule has 0 saturated heterocycles. The summed E-state index contributed by atoms with van der Waals surface area (Å²) in [7, 11) is 0. The first-order chi connectivity index (χ1) is 11.6. The van der Waals surface area contributed by atoms with Crippen molar-refractivity contribution in [2.75, 3.05) is 6.54 Å². The molecular formula is C20H24FNO2. The number of aryl methyl sites for hydroxylation is 2. The second kappa shape index (κ2) is 9.06. The van der Waals surface area contributed by atoms with Crippen LogP contribution in [0, 0.1) is 12.7 Å². The van der Waals surface area contributed by atoms with Gasteiger partial charge in [0.25, 0.3) is 5.91 Å². The molecular weight excluding hydrogens is 305 g/mol. The van der Waals surface area contributed by atoms with Gasteiger partial charge in [0.05, 0.1) is 0 Å². The van der Waals surface area contributed by atoms with E-state index < -0.39 is 11.9 Å². The molecule has 2 rings (SSSR count). The van der Waals surface area contributed by atoms with E-state index in [1.165, 1.54) is 23.3 Å². The third-order valence-electron chi connectivity index (χ3n) is 3.83. The van der Waals surface area contributed by atoms with Gasteiger partial charge in [-0.2, -0.15) is 0 Å². The number of carbonyl (C=O) groups excluding carboxylic acids is 1.